The summed E-state index contributed by atoms with van der Waals surface area (Å²) in [4.78, 5) is 9.30. The zero-order valence-electron chi connectivity index (χ0n) is 16.8. The van der Waals surface area contributed by atoms with Crippen LogP contribution in [0.2, 0.25) is 0 Å². The molecule has 0 amide bonds. The SMILES string of the molecule is CN=C(NCCCN(C)C1CCCCC1)N(C)CCC1CCOCC1. The maximum absolute atomic E-state index is 5.45. The molecule has 1 aliphatic carbocycles. The zero-order chi connectivity index (χ0) is 17.9. The van der Waals surface area contributed by atoms with E-state index in [9.17, 15) is 0 Å². The molecular weight excluding hydrogens is 312 g/mol. The maximum atomic E-state index is 5.45. The molecule has 1 N–H and O–H groups in total. The summed E-state index contributed by atoms with van der Waals surface area (Å²) in [6, 6.07) is 0.815. The van der Waals surface area contributed by atoms with Gasteiger partial charge in [0.2, 0.25) is 0 Å². The molecule has 25 heavy (non-hydrogen) atoms. The van der Waals surface area contributed by atoms with Gasteiger partial charge in [-0.05, 0) is 58.0 Å². The van der Waals surface area contributed by atoms with Gasteiger partial charge in [-0.3, -0.25) is 4.99 Å². The minimum absolute atomic E-state index is 0.815. The summed E-state index contributed by atoms with van der Waals surface area (Å²) in [5.41, 5.74) is 0. The Labute approximate surface area is 155 Å². The first-order valence-corrected chi connectivity index (χ1v) is 10.4. The molecule has 2 rings (SSSR count). The fraction of sp³-hybridized carbons (Fsp3) is 0.950. The minimum Gasteiger partial charge on any atom is -0.381 e. The van der Waals surface area contributed by atoms with E-state index < -0.39 is 0 Å². The maximum Gasteiger partial charge on any atom is 0.193 e. The van der Waals surface area contributed by atoms with Crippen LogP contribution in [0, 0.1) is 5.92 Å². The van der Waals surface area contributed by atoms with Crippen molar-refractivity contribution in [3.8, 4) is 0 Å². The van der Waals surface area contributed by atoms with Crippen molar-refractivity contribution in [2.45, 2.75) is 63.8 Å². The van der Waals surface area contributed by atoms with Gasteiger partial charge in [0.1, 0.15) is 0 Å². The first-order valence-electron chi connectivity index (χ1n) is 10.4. The second kappa shape index (κ2) is 11.7. The van der Waals surface area contributed by atoms with Crippen LogP contribution >= 0.6 is 0 Å². The Balaban J connectivity index is 1.58. The molecule has 1 heterocycles. The summed E-state index contributed by atoms with van der Waals surface area (Å²) in [5, 5.41) is 3.54. The number of nitrogens with zero attached hydrogens (tertiary/aromatic N) is 3. The lowest BCUT2D eigenvalue weighted by Crippen LogP contribution is -2.41. The number of aliphatic imine (C=N–C) groups is 1. The fourth-order valence-corrected chi connectivity index (χ4v) is 4.13. The second-order valence-corrected chi connectivity index (χ2v) is 7.87. The summed E-state index contributed by atoms with van der Waals surface area (Å²) in [6.07, 6.45) is 11.9. The molecule has 0 aromatic heterocycles. The van der Waals surface area contributed by atoms with Gasteiger partial charge in [0.05, 0.1) is 0 Å². The molecule has 1 saturated carbocycles. The van der Waals surface area contributed by atoms with E-state index in [4.69, 9.17) is 4.74 Å². The number of rotatable bonds is 8. The van der Waals surface area contributed by atoms with Crippen LogP contribution in [0.5, 0.6) is 0 Å². The van der Waals surface area contributed by atoms with E-state index in [0.29, 0.717) is 0 Å². The van der Waals surface area contributed by atoms with Crippen LogP contribution in [-0.2, 0) is 4.74 Å². The van der Waals surface area contributed by atoms with E-state index in [1.165, 1.54) is 64.3 Å². The van der Waals surface area contributed by atoms with Crippen LogP contribution in [0.4, 0.5) is 0 Å². The van der Waals surface area contributed by atoms with Gasteiger partial charge in [-0.15, -0.1) is 0 Å². The average Bonchev–Trinajstić information content (AvgIpc) is 2.67. The lowest BCUT2D eigenvalue weighted by atomic mass is 9.94. The fourth-order valence-electron chi connectivity index (χ4n) is 4.13. The largest absolute Gasteiger partial charge is 0.381 e. The highest BCUT2D eigenvalue weighted by atomic mass is 16.5. The van der Waals surface area contributed by atoms with E-state index in [1.54, 1.807) is 0 Å². The van der Waals surface area contributed by atoms with Crippen LogP contribution in [0.3, 0.4) is 0 Å². The van der Waals surface area contributed by atoms with E-state index >= 15 is 0 Å². The highest BCUT2D eigenvalue weighted by molar-refractivity contribution is 5.79. The van der Waals surface area contributed by atoms with Gasteiger partial charge in [-0.2, -0.15) is 0 Å². The molecule has 1 saturated heterocycles. The Bertz CT molecular complexity index is 376. The van der Waals surface area contributed by atoms with Gasteiger partial charge in [-0.1, -0.05) is 19.3 Å². The minimum atomic E-state index is 0.815. The number of guanidine groups is 1. The van der Waals surface area contributed by atoms with Crippen molar-refractivity contribution in [3.05, 3.63) is 0 Å². The molecule has 0 aromatic rings. The highest BCUT2D eigenvalue weighted by Crippen LogP contribution is 2.21. The molecule has 5 heteroatoms. The lowest BCUT2D eigenvalue weighted by Gasteiger charge is -2.31. The molecule has 0 radical (unpaired) electrons. The molecule has 0 atom stereocenters. The number of hydrogen-bond donors (Lipinski definition) is 1. The predicted octanol–water partition coefficient (Wildman–Crippen LogP) is 2.96. The van der Waals surface area contributed by atoms with Crippen molar-refractivity contribution < 1.29 is 4.74 Å². The molecule has 1 aliphatic heterocycles. The van der Waals surface area contributed by atoms with Crippen LogP contribution in [0.1, 0.15) is 57.8 Å². The zero-order valence-corrected chi connectivity index (χ0v) is 16.8. The molecule has 0 spiro atoms. The Morgan fingerprint density at radius 2 is 1.76 bits per heavy atom. The highest BCUT2D eigenvalue weighted by Gasteiger charge is 2.18. The molecule has 2 fully saturated rings. The number of hydrogen-bond acceptors (Lipinski definition) is 3. The molecule has 146 valence electrons. The Hall–Kier alpha value is -0.810. The Morgan fingerprint density at radius 1 is 1.04 bits per heavy atom. The predicted molar refractivity (Wildman–Crippen MR) is 106 cm³/mol. The summed E-state index contributed by atoms with van der Waals surface area (Å²) in [7, 11) is 6.34. The monoisotopic (exact) mass is 352 g/mol. The van der Waals surface area contributed by atoms with E-state index in [0.717, 1.165) is 44.2 Å². The lowest BCUT2D eigenvalue weighted by molar-refractivity contribution is 0.0625. The number of ether oxygens (including phenoxy) is 1. The van der Waals surface area contributed by atoms with Crippen LogP contribution in [-0.4, -0.2) is 75.8 Å². The van der Waals surface area contributed by atoms with Gasteiger partial charge in [0.25, 0.3) is 0 Å². The smallest absolute Gasteiger partial charge is 0.193 e. The van der Waals surface area contributed by atoms with Crippen LogP contribution < -0.4 is 5.32 Å². The molecule has 0 bridgehead atoms. The van der Waals surface area contributed by atoms with Crippen molar-refractivity contribution in [2.24, 2.45) is 10.9 Å². The molecule has 0 unspecified atom stereocenters. The van der Waals surface area contributed by atoms with Crippen molar-refractivity contribution in [1.82, 2.24) is 15.1 Å². The summed E-state index contributed by atoms with van der Waals surface area (Å²) in [5.74, 6) is 1.85. The Morgan fingerprint density at radius 3 is 2.44 bits per heavy atom. The second-order valence-electron chi connectivity index (χ2n) is 7.87. The molecule has 2 aliphatic rings. The third-order valence-electron chi connectivity index (χ3n) is 5.96. The van der Waals surface area contributed by atoms with Crippen LogP contribution in [0.15, 0.2) is 4.99 Å². The van der Waals surface area contributed by atoms with Gasteiger partial charge < -0.3 is 19.9 Å². The van der Waals surface area contributed by atoms with Crippen molar-refractivity contribution >= 4 is 5.96 Å². The quantitative estimate of drug-likeness (QED) is 0.414. The standard InChI is InChI=1S/C20H40N4O/c1-21-20(24(3)15-10-18-11-16-25-17-12-18)22-13-7-14-23(2)19-8-5-4-6-9-19/h18-19H,4-17H2,1-3H3,(H,21,22). The van der Waals surface area contributed by atoms with Crippen LogP contribution in [0.25, 0.3) is 0 Å². The summed E-state index contributed by atoms with van der Waals surface area (Å²) < 4.78 is 5.45. The van der Waals surface area contributed by atoms with E-state index in [2.05, 4.69) is 34.2 Å². The van der Waals surface area contributed by atoms with Gasteiger partial charge in [-0.25, -0.2) is 0 Å². The topological polar surface area (TPSA) is 40.1 Å². The summed E-state index contributed by atoms with van der Waals surface area (Å²) in [6.45, 7) is 5.14. The molecule has 0 aromatic carbocycles. The van der Waals surface area contributed by atoms with Crippen molar-refractivity contribution in [1.29, 1.82) is 0 Å². The van der Waals surface area contributed by atoms with Gasteiger partial charge in [0, 0.05) is 46.4 Å². The van der Waals surface area contributed by atoms with Gasteiger partial charge >= 0.3 is 0 Å². The van der Waals surface area contributed by atoms with E-state index in [1.807, 2.05) is 7.05 Å². The molecule has 5 nitrogen and oxygen atoms in total. The first kappa shape index (κ1) is 20.5. The molecular formula is C20H40N4O. The Kier molecular flexibility index (Phi) is 9.63. The first-order chi connectivity index (χ1) is 12.2. The van der Waals surface area contributed by atoms with Crippen molar-refractivity contribution in [2.75, 3.05) is 54.0 Å². The third kappa shape index (κ3) is 7.53. The average molecular weight is 353 g/mol. The summed E-state index contributed by atoms with van der Waals surface area (Å²) >= 11 is 0. The normalized spacial score (nSPS) is 20.9. The number of nitrogens with one attached hydrogen (secondary N) is 1. The van der Waals surface area contributed by atoms with Gasteiger partial charge in [0.15, 0.2) is 5.96 Å². The van der Waals surface area contributed by atoms with Crippen molar-refractivity contribution in [3.63, 3.8) is 0 Å². The third-order valence-corrected chi connectivity index (χ3v) is 5.96. The van der Waals surface area contributed by atoms with E-state index in [-0.39, 0.29) is 0 Å².